The van der Waals surface area contributed by atoms with Crippen LogP contribution in [-0.4, -0.2) is 0 Å². The van der Waals surface area contributed by atoms with Gasteiger partial charge < -0.3 is 0 Å². The molecule has 0 heterocycles. The van der Waals surface area contributed by atoms with Crippen LogP contribution >= 0.6 is 11.6 Å². The first-order valence-corrected chi connectivity index (χ1v) is 5.15. The van der Waals surface area contributed by atoms with Gasteiger partial charge in [0.1, 0.15) is 0 Å². The van der Waals surface area contributed by atoms with Crippen LogP contribution in [0.15, 0.2) is 12.1 Å². The van der Waals surface area contributed by atoms with Crippen molar-refractivity contribution < 1.29 is 8.78 Å². The molecule has 0 atom stereocenters. The highest BCUT2D eigenvalue weighted by Gasteiger charge is 2.26. The minimum Gasteiger partial charge on any atom is -0.205 e. The Hall–Kier alpha value is -0.630. The van der Waals surface area contributed by atoms with Crippen LogP contribution in [0.1, 0.15) is 41.9 Å². The third kappa shape index (κ3) is 1.90. The monoisotopic (exact) mass is 215 g/mol. The van der Waals surface area contributed by atoms with Gasteiger partial charge in [-0.3, -0.25) is 0 Å². The van der Waals surface area contributed by atoms with E-state index in [4.69, 9.17) is 11.6 Å². The summed E-state index contributed by atoms with van der Waals surface area (Å²) in [6.07, 6.45) is -0.164. The van der Waals surface area contributed by atoms with E-state index in [9.17, 15) is 8.78 Å². The Bertz CT molecular complexity index is 332. The van der Waals surface area contributed by atoms with Crippen molar-refractivity contribution in [2.75, 3.05) is 0 Å². The van der Waals surface area contributed by atoms with Crippen molar-refractivity contribution in [3.63, 3.8) is 0 Å². The van der Waals surface area contributed by atoms with Crippen LogP contribution in [0.3, 0.4) is 0 Å². The zero-order chi connectivity index (χ0) is 10.1. The summed E-state index contributed by atoms with van der Waals surface area (Å²) < 4.78 is 24.7. The number of rotatable bonds is 3. The van der Waals surface area contributed by atoms with Crippen LogP contribution in [0.2, 0.25) is 0 Å². The first-order valence-electron chi connectivity index (χ1n) is 4.61. The highest BCUT2D eigenvalue weighted by atomic mass is 35.5. The maximum Gasteiger partial charge on any atom is 0.264 e. The predicted molar refractivity (Wildman–Crippen MR) is 51.8 cm³/mol. The van der Waals surface area contributed by atoms with E-state index in [1.807, 2.05) is 0 Å². The standard InChI is InChI=1S/C11H10ClF2/c12-6-9-5-8(11(13)14)3-4-10(9)7-1-2-7/h3-4,7,11H,1-2,6H2. The maximum atomic E-state index is 12.4. The van der Waals surface area contributed by atoms with Gasteiger partial charge in [0.05, 0.1) is 0 Å². The molecule has 0 saturated heterocycles. The summed E-state index contributed by atoms with van der Waals surface area (Å²) in [5.41, 5.74) is 1.79. The van der Waals surface area contributed by atoms with E-state index >= 15 is 0 Å². The van der Waals surface area contributed by atoms with Gasteiger partial charge in [-0.15, -0.1) is 11.6 Å². The Balaban J connectivity index is 2.34. The minimum absolute atomic E-state index is 0.0509. The third-order valence-corrected chi connectivity index (χ3v) is 2.74. The molecule has 1 aliphatic rings. The van der Waals surface area contributed by atoms with Gasteiger partial charge >= 0.3 is 0 Å². The quantitative estimate of drug-likeness (QED) is 0.668. The second-order valence-electron chi connectivity index (χ2n) is 3.56. The van der Waals surface area contributed by atoms with E-state index in [1.165, 1.54) is 6.07 Å². The van der Waals surface area contributed by atoms with Gasteiger partial charge in [-0.2, -0.15) is 0 Å². The zero-order valence-corrected chi connectivity index (χ0v) is 8.32. The minimum atomic E-state index is -2.45. The molecule has 0 aromatic heterocycles. The molecule has 1 radical (unpaired) electrons. The molecule has 0 unspecified atom stereocenters. The Morgan fingerprint density at radius 3 is 2.64 bits per heavy atom. The fourth-order valence-electron chi connectivity index (χ4n) is 1.58. The van der Waals surface area contributed by atoms with Gasteiger partial charge in [-0.05, 0) is 36.0 Å². The molecule has 75 valence electrons. The van der Waals surface area contributed by atoms with Gasteiger partial charge in [0.15, 0.2) is 0 Å². The van der Waals surface area contributed by atoms with Crippen LogP contribution in [0, 0.1) is 6.07 Å². The van der Waals surface area contributed by atoms with Crippen molar-refractivity contribution in [1.29, 1.82) is 0 Å². The molecule has 0 N–H and O–H groups in total. The van der Waals surface area contributed by atoms with Crippen molar-refractivity contribution in [3.8, 4) is 0 Å². The van der Waals surface area contributed by atoms with Crippen molar-refractivity contribution >= 4 is 11.6 Å². The summed E-state index contributed by atoms with van der Waals surface area (Å²) in [4.78, 5) is 0. The molecule has 1 aromatic rings. The molecule has 0 nitrogen and oxygen atoms in total. The summed E-state index contributed by atoms with van der Waals surface area (Å²) in [6, 6.07) is 5.93. The molecule has 1 saturated carbocycles. The van der Waals surface area contributed by atoms with E-state index in [0.29, 0.717) is 5.92 Å². The molecule has 1 fully saturated rings. The fraction of sp³-hybridized carbons (Fsp3) is 0.455. The van der Waals surface area contributed by atoms with E-state index in [-0.39, 0.29) is 11.4 Å². The van der Waals surface area contributed by atoms with E-state index in [2.05, 4.69) is 6.07 Å². The molecule has 1 aromatic carbocycles. The SMILES string of the molecule is FC(F)c1[c]c(CCl)c(C2CC2)cc1. The average molecular weight is 216 g/mol. The molecular formula is C11H10ClF2. The van der Waals surface area contributed by atoms with Crippen LogP contribution < -0.4 is 0 Å². The highest BCUT2D eigenvalue weighted by molar-refractivity contribution is 6.17. The van der Waals surface area contributed by atoms with Crippen LogP contribution in [0.25, 0.3) is 0 Å². The molecule has 0 spiro atoms. The smallest absolute Gasteiger partial charge is 0.205 e. The Morgan fingerprint density at radius 1 is 1.43 bits per heavy atom. The molecule has 14 heavy (non-hydrogen) atoms. The first-order chi connectivity index (χ1) is 6.72. The normalized spacial score (nSPS) is 16.3. The lowest BCUT2D eigenvalue weighted by Gasteiger charge is -2.07. The lowest BCUT2D eigenvalue weighted by Crippen LogP contribution is -1.93. The second-order valence-corrected chi connectivity index (χ2v) is 3.82. The summed E-state index contributed by atoms with van der Waals surface area (Å²) in [7, 11) is 0. The predicted octanol–water partition coefficient (Wildman–Crippen LogP) is 4.04. The maximum absolute atomic E-state index is 12.4. The second kappa shape index (κ2) is 3.85. The first kappa shape index (κ1) is 9.91. The molecule has 3 heteroatoms. The number of benzene rings is 1. The number of halogens is 3. The van der Waals surface area contributed by atoms with E-state index in [0.717, 1.165) is 24.0 Å². The summed E-state index contributed by atoms with van der Waals surface area (Å²) in [5.74, 6) is 0.804. The van der Waals surface area contributed by atoms with Crippen LogP contribution in [0.4, 0.5) is 8.78 Å². The van der Waals surface area contributed by atoms with E-state index in [1.54, 1.807) is 6.07 Å². The van der Waals surface area contributed by atoms with Crippen LogP contribution in [0.5, 0.6) is 0 Å². The van der Waals surface area contributed by atoms with E-state index < -0.39 is 6.43 Å². The third-order valence-electron chi connectivity index (χ3n) is 2.47. The Morgan fingerprint density at radius 2 is 2.14 bits per heavy atom. The Kier molecular flexibility index (Phi) is 2.73. The van der Waals surface area contributed by atoms with Gasteiger partial charge in [-0.25, -0.2) is 8.78 Å². The lowest BCUT2D eigenvalue weighted by atomic mass is 10.0. The topological polar surface area (TPSA) is 0 Å². The van der Waals surface area contributed by atoms with Gasteiger partial charge in [0, 0.05) is 11.4 Å². The zero-order valence-electron chi connectivity index (χ0n) is 7.56. The van der Waals surface area contributed by atoms with Crippen molar-refractivity contribution in [1.82, 2.24) is 0 Å². The summed E-state index contributed by atoms with van der Waals surface area (Å²) in [5, 5.41) is 0. The summed E-state index contributed by atoms with van der Waals surface area (Å²) >= 11 is 5.70. The number of hydrogen-bond donors (Lipinski definition) is 0. The molecular weight excluding hydrogens is 206 g/mol. The molecule has 2 rings (SSSR count). The number of hydrogen-bond acceptors (Lipinski definition) is 0. The molecule has 0 aliphatic heterocycles. The Labute approximate surface area is 86.9 Å². The van der Waals surface area contributed by atoms with Gasteiger partial charge in [0.2, 0.25) is 0 Å². The lowest BCUT2D eigenvalue weighted by molar-refractivity contribution is 0.151. The average Bonchev–Trinajstić information content (AvgIpc) is 3.00. The summed E-state index contributed by atoms with van der Waals surface area (Å²) in [6.45, 7) is 0. The van der Waals surface area contributed by atoms with Crippen molar-refractivity contribution in [3.05, 3.63) is 34.9 Å². The number of alkyl halides is 3. The largest absolute Gasteiger partial charge is 0.264 e. The molecule has 0 bridgehead atoms. The van der Waals surface area contributed by atoms with Gasteiger partial charge in [0.25, 0.3) is 6.43 Å². The fourth-order valence-corrected chi connectivity index (χ4v) is 1.80. The highest BCUT2D eigenvalue weighted by Crippen LogP contribution is 2.42. The van der Waals surface area contributed by atoms with Crippen LogP contribution in [-0.2, 0) is 5.88 Å². The molecule has 0 amide bonds. The van der Waals surface area contributed by atoms with Gasteiger partial charge in [-0.1, -0.05) is 12.1 Å². The molecule has 1 aliphatic carbocycles. The van der Waals surface area contributed by atoms with Crippen molar-refractivity contribution in [2.45, 2.75) is 31.1 Å². The van der Waals surface area contributed by atoms with Crippen molar-refractivity contribution in [2.24, 2.45) is 0 Å².